The summed E-state index contributed by atoms with van der Waals surface area (Å²) in [6.45, 7) is 6.49. The van der Waals surface area contributed by atoms with Gasteiger partial charge in [0.2, 0.25) is 0 Å². The number of nitrogens with zero attached hydrogens (tertiary/aromatic N) is 1. The van der Waals surface area contributed by atoms with Crippen LogP contribution in [0.2, 0.25) is 0 Å². The number of carbonyl (C=O) groups excluding carboxylic acids is 1. The van der Waals surface area contributed by atoms with Gasteiger partial charge in [-0.05, 0) is 65.9 Å². The number of hydrogen-bond donors (Lipinski definition) is 1. The van der Waals surface area contributed by atoms with E-state index in [0.29, 0.717) is 12.5 Å². The lowest BCUT2D eigenvalue weighted by molar-refractivity contribution is -0.123. The first-order chi connectivity index (χ1) is 13.5. The molecule has 0 spiro atoms. The Morgan fingerprint density at radius 3 is 2.61 bits per heavy atom. The van der Waals surface area contributed by atoms with E-state index in [9.17, 15) is 4.79 Å². The predicted octanol–water partition coefficient (Wildman–Crippen LogP) is 4.78. The highest BCUT2D eigenvalue weighted by atomic mass is 35.5. The molecule has 1 amide bonds. The van der Waals surface area contributed by atoms with Crippen molar-refractivity contribution in [2.75, 3.05) is 13.2 Å². The quantitative estimate of drug-likeness (QED) is 0.486. The van der Waals surface area contributed by atoms with Gasteiger partial charge in [-0.25, -0.2) is 5.43 Å². The smallest absolute Gasteiger partial charge is 0.277 e. The first-order valence-electron chi connectivity index (χ1n) is 9.03. The zero-order chi connectivity index (χ0) is 20.4. The van der Waals surface area contributed by atoms with Gasteiger partial charge >= 0.3 is 0 Å². The molecule has 0 aromatic heterocycles. The van der Waals surface area contributed by atoms with Gasteiger partial charge in [0.1, 0.15) is 18.1 Å². The molecule has 28 heavy (non-hydrogen) atoms. The highest BCUT2D eigenvalue weighted by Crippen LogP contribution is 2.27. The number of rotatable bonds is 9. The van der Waals surface area contributed by atoms with Crippen LogP contribution < -0.4 is 14.9 Å². The molecule has 2 rings (SSSR count). The normalized spacial score (nSPS) is 11.3. The van der Waals surface area contributed by atoms with Crippen molar-refractivity contribution in [2.45, 2.75) is 26.7 Å². The van der Waals surface area contributed by atoms with Crippen LogP contribution in [0.25, 0.3) is 0 Å². The minimum atomic E-state index is -0.319. The van der Waals surface area contributed by atoms with Gasteiger partial charge in [-0.1, -0.05) is 37.6 Å². The molecule has 0 heterocycles. The van der Waals surface area contributed by atoms with E-state index in [1.807, 2.05) is 49.4 Å². The van der Waals surface area contributed by atoms with Crippen LogP contribution in [0.5, 0.6) is 11.5 Å². The Bertz CT molecular complexity index is 830. The Balaban J connectivity index is 1.83. The molecule has 0 atom stereocenters. The van der Waals surface area contributed by atoms with Gasteiger partial charge in [0.15, 0.2) is 6.61 Å². The summed E-state index contributed by atoms with van der Waals surface area (Å²) in [6, 6.07) is 13.3. The number of nitrogens with one attached hydrogen (secondary N) is 1. The molecule has 6 heteroatoms. The van der Waals surface area contributed by atoms with E-state index in [1.165, 1.54) is 5.54 Å². The second-order valence-corrected chi connectivity index (χ2v) is 6.77. The third kappa shape index (κ3) is 7.08. The fourth-order valence-corrected chi connectivity index (χ4v) is 2.50. The van der Waals surface area contributed by atoms with E-state index in [0.717, 1.165) is 28.2 Å². The van der Waals surface area contributed by atoms with Gasteiger partial charge in [0.25, 0.3) is 5.91 Å². The highest BCUT2D eigenvalue weighted by molar-refractivity contribution is 6.25. The first-order valence-corrected chi connectivity index (χ1v) is 9.46. The molecule has 0 aliphatic carbocycles. The minimum absolute atomic E-state index is 0.0959. The molecule has 0 saturated carbocycles. The average Bonchev–Trinajstić information content (AvgIpc) is 2.67. The van der Waals surface area contributed by atoms with Crippen LogP contribution >= 0.6 is 11.6 Å². The molecule has 0 fully saturated rings. The summed E-state index contributed by atoms with van der Waals surface area (Å²) in [5.41, 5.74) is 6.88. The van der Waals surface area contributed by atoms with Crippen LogP contribution in [0.3, 0.4) is 0 Å². The summed E-state index contributed by atoms with van der Waals surface area (Å²) in [5.74, 6) is 1.45. The predicted molar refractivity (Wildman–Crippen MR) is 113 cm³/mol. The van der Waals surface area contributed by atoms with Crippen molar-refractivity contribution in [1.29, 1.82) is 0 Å². The number of halogens is 1. The van der Waals surface area contributed by atoms with Gasteiger partial charge < -0.3 is 9.47 Å². The van der Waals surface area contributed by atoms with Crippen LogP contribution in [-0.2, 0) is 4.79 Å². The zero-order valence-corrected chi connectivity index (χ0v) is 17.1. The van der Waals surface area contributed by atoms with Crippen molar-refractivity contribution in [1.82, 2.24) is 5.43 Å². The molecule has 0 saturated heterocycles. The van der Waals surface area contributed by atoms with Crippen LogP contribution in [0.1, 0.15) is 36.5 Å². The third-order valence-corrected chi connectivity index (χ3v) is 4.05. The fourth-order valence-electron chi connectivity index (χ4n) is 2.43. The molecule has 0 aliphatic rings. The molecule has 0 aliphatic heterocycles. The van der Waals surface area contributed by atoms with Crippen molar-refractivity contribution in [2.24, 2.45) is 5.10 Å². The van der Waals surface area contributed by atoms with Gasteiger partial charge in [-0.3, -0.25) is 4.79 Å². The number of carbonyl (C=O) groups is 1. The number of aryl methyl sites for hydroxylation is 1. The summed E-state index contributed by atoms with van der Waals surface area (Å²) >= 11 is 5.44. The largest absolute Gasteiger partial charge is 0.490 e. The summed E-state index contributed by atoms with van der Waals surface area (Å²) in [5, 5.41) is 3.96. The summed E-state index contributed by atoms with van der Waals surface area (Å²) in [6.07, 6.45) is 3.27. The molecule has 2 aromatic rings. The molecule has 148 valence electrons. The topological polar surface area (TPSA) is 59.9 Å². The first kappa shape index (κ1) is 21.5. The number of amides is 1. The molecule has 5 nitrogen and oxygen atoms in total. The maximum Gasteiger partial charge on any atom is 0.277 e. The summed E-state index contributed by atoms with van der Waals surface area (Å²) < 4.78 is 11.1. The SMILES string of the molecule is Cc1ccc(C(C)C)c(OCC(=O)NN=Cc2ccc(OCC=CCl)cc2)c1. The van der Waals surface area contributed by atoms with Gasteiger partial charge in [0.05, 0.1) is 6.21 Å². The zero-order valence-electron chi connectivity index (χ0n) is 16.3. The third-order valence-electron chi connectivity index (χ3n) is 3.87. The maximum atomic E-state index is 12.0. The van der Waals surface area contributed by atoms with Crippen LogP contribution in [-0.4, -0.2) is 25.3 Å². The average molecular weight is 401 g/mol. The van der Waals surface area contributed by atoms with Crippen molar-refractivity contribution in [3.8, 4) is 11.5 Å². The molecule has 0 unspecified atom stereocenters. The molecular weight excluding hydrogens is 376 g/mol. The van der Waals surface area contributed by atoms with E-state index >= 15 is 0 Å². The standard InChI is InChI=1S/C22H25ClN2O3/c1-16(2)20-10-5-17(3)13-21(20)28-15-22(26)25-24-14-18-6-8-19(9-7-18)27-12-4-11-23/h4-11,13-14,16H,12,15H2,1-3H3,(H,25,26). The van der Waals surface area contributed by atoms with Gasteiger partial charge in [-0.15, -0.1) is 0 Å². The van der Waals surface area contributed by atoms with Crippen molar-refractivity contribution in [3.05, 3.63) is 70.8 Å². The molecule has 0 bridgehead atoms. The Hall–Kier alpha value is -2.79. The van der Waals surface area contributed by atoms with E-state index < -0.39 is 0 Å². The molecule has 1 N–H and O–H groups in total. The van der Waals surface area contributed by atoms with Crippen LogP contribution in [0.4, 0.5) is 0 Å². The number of ether oxygens (including phenoxy) is 2. The van der Waals surface area contributed by atoms with Crippen molar-refractivity contribution in [3.63, 3.8) is 0 Å². The number of hydrogen-bond acceptors (Lipinski definition) is 4. The van der Waals surface area contributed by atoms with Crippen molar-refractivity contribution >= 4 is 23.7 Å². The lowest BCUT2D eigenvalue weighted by atomic mass is 10.0. The molecular formula is C22H25ClN2O3. The highest BCUT2D eigenvalue weighted by Gasteiger charge is 2.10. The van der Waals surface area contributed by atoms with E-state index in [-0.39, 0.29) is 12.5 Å². The van der Waals surface area contributed by atoms with Gasteiger partial charge in [-0.2, -0.15) is 5.10 Å². The molecule has 0 radical (unpaired) electrons. The Morgan fingerprint density at radius 1 is 1.18 bits per heavy atom. The van der Waals surface area contributed by atoms with E-state index in [4.69, 9.17) is 21.1 Å². The fraction of sp³-hybridized carbons (Fsp3) is 0.273. The summed E-state index contributed by atoms with van der Waals surface area (Å²) in [7, 11) is 0. The van der Waals surface area contributed by atoms with E-state index in [2.05, 4.69) is 24.4 Å². The number of hydrazone groups is 1. The maximum absolute atomic E-state index is 12.0. The Labute approximate surface area is 171 Å². The number of benzene rings is 2. The second kappa shape index (κ2) is 11.1. The molecule has 2 aromatic carbocycles. The van der Waals surface area contributed by atoms with Gasteiger partial charge in [0, 0.05) is 5.54 Å². The van der Waals surface area contributed by atoms with E-state index in [1.54, 1.807) is 12.3 Å². The van der Waals surface area contributed by atoms with Crippen LogP contribution in [0, 0.1) is 6.92 Å². The lowest BCUT2D eigenvalue weighted by Gasteiger charge is -2.14. The Kier molecular flexibility index (Phi) is 8.56. The monoisotopic (exact) mass is 400 g/mol. The van der Waals surface area contributed by atoms with Crippen molar-refractivity contribution < 1.29 is 14.3 Å². The minimum Gasteiger partial charge on any atom is -0.490 e. The second-order valence-electron chi connectivity index (χ2n) is 6.52. The lowest BCUT2D eigenvalue weighted by Crippen LogP contribution is -2.25. The summed E-state index contributed by atoms with van der Waals surface area (Å²) in [4.78, 5) is 12.0. The van der Waals surface area contributed by atoms with Crippen LogP contribution in [0.15, 0.2) is 59.2 Å². The Morgan fingerprint density at radius 2 is 1.93 bits per heavy atom.